The maximum Gasteiger partial charge on any atom is 0.316 e. The molecule has 20 heavy (non-hydrogen) atoms. The molecule has 0 bridgehead atoms. The van der Waals surface area contributed by atoms with Crippen LogP contribution in [0.1, 0.15) is 20.8 Å². The molecule has 1 unspecified atom stereocenters. The van der Waals surface area contributed by atoms with Crippen LogP contribution in [-0.4, -0.2) is 57.8 Å². The summed E-state index contributed by atoms with van der Waals surface area (Å²) in [5.74, 6) is -0.00616. The molecule has 0 saturated carbocycles. The molecule has 0 N–H and O–H groups in total. The lowest BCUT2D eigenvalue weighted by molar-refractivity contribution is -0.171. The highest BCUT2D eigenvalue weighted by atomic mass is 32.2. The van der Waals surface area contributed by atoms with E-state index in [9.17, 15) is 14.4 Å². The van der Waals surface area contributed by atoms with E-state index in [0.717, 1.165) is 0 Å². The van der Waals surface area contributed by atoms with Crippen molar-refractivity contribution < 1.29 is 19.1 Å². The standard InChI is InChI=1S/C13H19NO4S2/c1-12(2,3)18-11(17)13(6-19-4)5-14-9(16)8(15)10(14)20-7-13/h10H,5-7H2,1-4H3/t10-,13?/m1/s1. The number of amides is 1. The fourth-order valence-electron chi connectivity index (χ4n) is 2.29. The molecule has 5 nitrogen and oxygen atoms in total. The van der Waals surface area contributed by atoms with Gasteiger partial charge in [0.2, 0.25) is 0 Å². The number of ether oxygens (including phenoxy) is 1. The maximum absolute atomic E-state index is 12.5. The van der Waals surface area contributed by atoms with Crippen LogP contribution < -0.4 is 0 Å². The molecule has 2 atom stereocenters. The van der Waals surface area contributed by atoms with Crippen molar-refractivity contribution in [3.8, 4) is 0 Å². The Morgan fingerprint density at radius 3 is 2.70 bits per heavy atom. The van der Waals surface area contributed by atoms with Crippen LogP contribution in [0.4, 0.5) is 0 Å². The number of esters is 1. The highest BCUT2D eigenvalue weighted by Gasteiger charge is 2.57. The number of fused-ring (bicyclic) bond motifs is 1. The Morgan fingerprint density at radius 1 is 1.50 bits per heavy atom. The van der Waals surface area contributed by atoms with Gasteiger partial charge in [-0.1, -0.05) is 0 Å². The van der Waals surface area contributed by atoms with E-state index in [1.807, 2.05) is 27.0 Å². The van der Waals surface area contributed by atoms with Crippen molar-refractivity contribution in [1.29, 1.82) is 0 Å². The monoisotopic (exact) mass is 317 g/mol. The molecular formula is C13H19NO4S2. The summed E-state index contributed by atoms with van der Waals surface area (Å²) in [7, 11) is 0. The number of Topliss-reactive ketones (excluding diaryl/α,β-unsaturated/α-hetero) is 1. The van der Waals surface area contributed by atoms with Crippen molar-refractivity contribution in [2.75, 3.05) is 24.3 Å². The SMILES string of the molecule is CSCC1(C(=O)OC(C)(C)C)CS[C@@H]2C(=O)C(=O)N2C1. The summed E-state index contributed by atoms with van der Waals surface area (Å²) < 4.78 is 5.51. The van der Waals surface area contributed by atoms with E-state index in [2.05, 4.69) is 0 Å². The predicted molar refractivity (Wildman–Crippen MR) is 79.6 cm³/mol. The largest absolute Gasteiger partial charge is 0.459 e. The molecule has 0 radical (unpaired) electrons. The minimum absolute atomic E-state index is 0.280. The van der Waals surface area contributed by atoms with Crippen LogP contribution in [0, 0.1) is 5.41 Å². The van der Waals surface area contributed by atoms with E-state index >= 15 is 0 Å². The minimum atomic E-state index is -0.718. The minimum Gasteiger partial charge on any atom is -0.459 e. The quantitative estimate of drug-likeness (QED) is 0.442. The molecule has 0 aliphatic carbocycles. The van der Waals surface area contributed by atoms with Gasteiger partial charge < -0.3 is 9.64 Å². The topological polar surface area (TPSA) is 63.7 Å². The molecular weight excluding hydrogens is 298 g/mol. The molecule has 7 heteroatoms. The third-order valence-electron chi connectivity index (χ3n) is 3.22. The van der Waals surface area contributed by atoms with Crippen LogP contribution in [0.25, 0.3) is 0 Å². The number of carbonyl (C=O) groups excluding carboxylic acids is 3. The zero-order chi connectivity index (χ0) is 15.1. The van der Waals surface area contributed by atoms with E-state index < -0.39 is 16.9 Å². The molecule has 2 aliphatic rings. The average Bonchev–Trinajstić information content (AvgIpc) is 2.36. The summed E-state index contributed by atoms with van der Waals surface area (Å²) in [6.45, 7) is 5.77. The molecule has 1 amide bonds. The summed E-state index contributed by atoms with van der Waals surface area (Å²) in [5, 5.41) is -0.389. The van der Waals surface area contributed by atoms with Crippen molar-refractivity contribution in [2.45, 2.75) is 31.7 Å². The highest BCUT2D eigenvalue weighted by Crippen LogP contribution is 2.42. The number of rotatable bonds is 3. The van der Waals surface area contributed by atoms with E-state index in [1.165, 1.54) is 16.7 Å². The van der Waals surface area contributed by atoms with Crippen LogP contribution in [0.15, 0.2) is 0 Å². The zero-order valence-electron chi connectivity index (χ0n) is 12.1. The Balaban J connectivity index is 2.17. The fourth-order valence-corrected chi connectivity index (χ4v) is 4.68. The summed E-state index contributed by atoms with van der Waals surface area (Å²) in [6, 6.07) is 0. The second kappa shape index (κ2) is 5.26. The van der Waals surface area contributed by atoms with Crippen molar-refractivity contribution in [2.24, 2.45) is 5.41 Å². The third kappa shape index (κ3) is 2.70. The van der Waals surface area contributed by atoms with Gasteiger partial charge in [-0.15, -0.1) is 11.8 Å². The van der Waals surface area contributed by atoms with Crippen LogP contribution in [0.5, 0.6) is 0 Å². The predicted octanol–water partition coefficient (Wildman–Crippen LogP) is 1.16. The van der Waals surface area contributed by atoms with Gasteiger partial charge in [0.1, 0.15) is 16.4 Å². The molecule has 0 aromatic rings. The average molecular weight is 317 g/mol. The number of hydrogen-bond donors (Lipinski definition) is 0. The third-order valence-corrected chi connectivity index (χ3v) is 5.57. The molecule has 2 aliphatic heterocycles. The second-order valence-corrected chi connectivity index (χ2v) is 8.11. The molecule has 0 aromatic heterocycles. The highest BCUT2D eigenvalue weighted by molar-refractivity contribution is 8.01. The van der Waals surface area contributed by atoms with Crippen LogP contribution >= 0.6 is 23.5 Å². The lowest BCUT2D eigenvalue weighted by Crippen LogP contribution is -2.68. The molecule has 0 aromatic carbocycles. The number of nitrogens with zero attached hydrogens (tertiary/aromatic N) is 1. The van der Waals surface area contributed by atoms with E-state index in [0.29, 0.717) is 11.5 Å². The van der Waals surface area contributed by atoms with Gasteiger partial charge in [-0.05, 0) is 27.0 Å². The number of hydrogen-bond acceptors (Lipinski definition) is 6. The maximum atomic E-state index is 12.5. The van der Waals surface area contributed by atoms with Gasteiger partial charge in [0.25, 0.3) is 11.7 Å². The van der Waals surface area contributed by atoms with E-state index in [4.69, 9.17) is 4.74 Å². The Kier molecular flexibility index (Phi) is 4.12. The van der Waals surface area contributed by atoms with Crippen LogP contribution in [0.2, 0.25) is 0 Å². The van der Waals surface area contributed by atoms with Crippen molar-refractivity contribution >= 4 is 41.2 Å². The first-order valence-electron chi connectivity index (χ1n) is 6.39. The van der Waals surface area contributed by atoms with Gasteiger partial charge in [-0.3, -0.25) is 14.4 Å². The Morgan fingerprint density at radius 2 is 2.15 bits per heavy atom. The lowest BCUT2D eigenvalue weighted by atomic mass is 9.89. The zero-order valence-corrected chi connectivity index (χ0v) is 13.7. The van der Waals surface area contributed by atoms with Gasteiger partial charge in [0.15, 0.2) is 0 Å². The Hall–Kier alpha value is -0.690. The molecule has 2 heterocycles. The lowest BCUT2D eigenvalue weighted by Gasteiger charge is -2.49. The molecule has 2 rings (SSSR count). The molecule has 112 valence electrons. The van der Waals surface area contributed by atoms with Gasteiger partial charge in [0.05, 0.1) is 0 Å². The molecule has 2 fully saturated rings. The van der Waals surface area contributed by atoms with Gasteiger partial charge in [-0.25, -0.2) is 0 Å². The van der Waals surface area contributed by atoms with Crippen molar-refractivity contribution in [3.05, 3.63) is 0 Å². The molecule has 0 spiro atoms. The summed E-state index contributed by atoms with van der Waals surface area (Å²) in [5.41, 5.74) is -1.27. The van der Waals surface area contributed by atoms with Gasteiger partial charge >= 0.3 is 5.97 Å². The van der Waals surface area contributed by atoms with E-state index in [1.54, 1.807) is 11.8 Å². The summed E-state index contributed by atoms with van der Waals surface area (Å²) >= 11 is 2.92. The second-order valence-electron chi connectivity index (χ2n) is 6.18. The summed E-state index contributed by atoms with van der Waals surface area (Å²) in [6.07, 6.45) is 1.92. The normalized spacial score (nSPS) is 29.8. The van der Waals surface area contributed by atoms with Crippen LogP contribution in [0.3, 0.4) is 0 Å². The Bertz CT molecular complexity index is 460. The number of β-lactam (4-membered cyclic amide) rings is 1. The van der Waals surface area contributed by atoms with Gasteiger partial charge in [-0.2, -0.15) is 11.8 Å². The van der Waals surface area contributed by atoms with Crippen molar-refractivity contribution in [1.82, 2.24) is 4.90 Å². The number of thioether (sulfide) groups is 2. The number of carbonyl (C=O) groups is 3. The van der Waals surface area contributed by atoms with Crippen LogP contribution in [-0.2, 0) is 19.1 Å². The first kappa shape index (κ1) is 15.7. The van der Waals surface area contributed by atoms with Crippen molar-refractivity contribution in [3.63, 3.8) is 0 Å². The van der Waals surface area contributed by atoms with Gasteiger partial charge in [0, 0.05) is 18.1 Å². The van der Waals surface area contributed by atoms with E-state index in [-0.39, 0.29) is 23.7 Å². The number of ketones is 1. The Labute approximate surface area is 127 Å². The molecule has 2 saturated heterocycles. The smallest absolute Gasteiger partial charge is 0.316 e. The summed E-state index contributed by atoms with van der Waals surface area (Å²) in [4.78, 5) is 37.0. The first-order valence-corrected chi connectivity index (χ1v) is 8.83. The fraction of sp³-hybridized carbons (Fsp3) is 0.769. The first-order chi connectivity index (χ1) is 9.20.